The number of carbonyl (C=O) groups excluding carboxylic acids is 1. The van der Waals surface area contributed by atoms with E-state index in [0.29, 0.717) is 13.1 Å². The van der Waals surface area contributed by atoms with E-state index >= 15 is 0 Å². The fraction of sp³-hybridized carbons (Fsp3) is 0.360. The summed E-state index contributed by atoms with van der Waals surface area (Å²) < 4.78 is 7.61. The average Bonchev–Trinajstić information content (AvgIpc) is 3.12. The van der Waals surface area contributed by atoms with Gasteiger partial charge in [-0.25, -0.2) is 0 Å². The topological polar surface area (TPSA) is 55.5 Å². The number of benzene rings is 1. The molecule has 1 aromatic carbocycles. The Morgan fingerprint density at radius 3 is 2.63 bits per heavy atom. The molecule has 3 aromatic rings. The van der Waals surface area contributed by atoms with Crippen LogP contribution in [-0.2, 0) is 13.0 Å². The Labute approximate surface area is 176 Å². The highest BCUT2D eigenvalue weighted by Gasteiger charge is 2.31. The molecule has 1 amide bonds. The van der Waals surface area contributed by atoms with E-state index < -0.39 is 0 Å². The number of pyridine rings is 1. The fourth-order valence-electron chi connectivity index (χ4n) is 4.17. The minimum absolute atomic E-state index is 0.123. The van der Waals surface area contributed by atoms with Crippen LogP contribution in [0.25, 0.3) is 0 Å². The Morgan fingerprint density at radius 2 is 1.87 bits per heavy atom. The lowest BCUT2D eigenvalue weighted by molar-refractivity contribution is 0.0654. The zero-order chi connectivity index (χ0) is 20.9. The molecule has 1 aliphatic rings. The quantitative estimate of drug-likeness (QED) is 0.613. The van der Waals surface area contributed by atoms with Crippen LogP contribution in [0.4, 0.5) is 0 Å². The number of nitrogens with zero attached hydrogens (tertiary/aromatic N) is 2. The van der Waals surface area contributed by atoms with Crippen LogP contribution >= 0.6 is 0 Å². The molecule has 1 saturated heterocycles. The number of carbonyl (C=O) groups is 1. The van der Waals surface area contributed by atoms with Gasteiger partial charge in [0, 0.05) is 19.2 Å². The molecule has 4 rings (SSSR count). The first kappa shape index (κ1) is 20.2. The minimum atomic E-state index is -0.247. The first-order valence-electron chi connectivity index (χ1n) is 10.8. The molecule has 0 bridgehead atoms. The van der Waals surface area contributed by atoms with Crippen LogP contribution in [0, 0.1) is 0 Å². The van der Waals surface area contributed by atoms with Crippen molar-refractivity contribution in [2.45, 2.75) is 51.6 Å². The van der Waals surface area contributed by atoms with E-state index in [2.05, 4.69) is 6.92 Å². The van der Waals surface area contributed by atoms with E-state index in [0.717, 1.165) is 49.2 Å². The Kier molecular flexibility index (Phi) is 6.17. The molecule has 0 aliphatic carbocycles. The van der Waals surface area contributed by atoms with Gasteiger partial charge in [0.1, 0.15) is 17.1 Å². The van der Waals surface area contributed by atoms with Crippen molar-refractivity contribution in [1.29, 1.82) is 0 Å². The van der Waals surface area contributed by atoms with Gasteiger partial charge in [-0.1, -0.05) is 50.1 Å². The number of aryl methyl sites for hydroxylation is 1. The van der Waals surface area contributed by atoms with Crippen molar-refractivity contribution < 1.29 is 9.21 Å². The van der Waals surface area contributed by atoms with E-state index in [1.165, 1.54) is 0 Å². The Balaban J connectivity index is 1.64. The van der Waals surface area contributed by atoms with Crippen LogP contribution < -0.4 is 5.56 Å². The van der Waals surface area contributed by atoms with Gasteiger partial charge >= 0.3 is 0 Å². The summed E-state index contributed by atoms with van der Waals surface area (Å²) in [6, 6.07) is 17.1. The Bertz CT molecular complexity index is 1050. The fourth-order valence-corrected chi connectivity index (χ4v) is 4.17. The molecule has 3 heterocycles. The number of hydrogen-bond acceptors (Lipinski definition) is 3. The van der Waals surface area contributed by atoms with Gasteiger partial charge < -0.3 is 13.9 Å². The average molecular weight is 405 g/mol. The van der Waals surface area contributed by atoms with Crippen LogP contribution in [0.15, 0.2) is 70.0 Å². The number of amides is 1. The second-order valence-corrected chi connectivity index (χ2v) is 7.86. The molecule has 156 valence electrons. The zero-order valence-corrected chi connectivity index (χ0v) is 17.4. The van der Waals surface area contributed by atoms with Gasteiger partial charge in [-0.2, -0.15) is 0 Å². The second kappa shape index (κ2) is 9.16. The van der Waals surface area contributed by atoms with Gasteiger partial charge in [0.15, 0.2) is 0 Å². The second-order valence-electron chi connectivity index (χ2n) is 7.86. The minimum Gasteiger partial charge on any atom is -0.464 e. The SMILES string of the molecule is CCc1ccc(C2CCCCCN2C(=O)c2cccn(Cc3ccccc3)c2=O)o1. The van der Waals surface area contributed by atoms with Gasteiger partial charge in [0.25, 0.3) is 11.5 Å². The van der Waals surface area contributed by atoms with E-state index in [1.54, 1.807) is 22.9 Å². The molecule has 5 nitrogen and oxygen atoms in total. The maximum absolute atomic E-state index is 13.5. The Morgan fingerprint density at radius 1 is 1.03 bits per heavy atom. The summed E-state index contributed by atoms with van der Waals surface area (Å²) in [5, 5.41) is 0. The van der Waals surface area contributed by atoms with Gasteiger partial charge in [0.2, 0.25) is 0 Å². The largest absolute Gasteiger partial charge is 0.464 e. The lowest BCUT2D eigenvalue weighted by Gasteiger charge is -2.28. The number of rotatable bonds is 5. The van der Waals surface area contributed by atoms with Crippen molar-refractivity contribution in [1.82, 2.24) is 9.47 Å². The molecule has 1 aliphatic heterocycles. The number of furan rings is 1. The number of likely N-dealkylation sites (tertiary alicyclic amines) is 1. The molecule has 5 heteroatoms. The monoisotopic (exact) mass is 404 g/mol. The van der Waals surface area contributed by atoms with Crippen LogP contribution in [0.3, 0.4) is 0 Å². The van der Waals surface area contributed by atoms with E-state index in [9.17, 15) is 9.59 Å². The summed E-state index contributed by atoms with van der Waals surface area (Å²) in [5.74, 6) is 1.54. The summed E-state index contributed by atoms with van der Waals surface area (Å²) in [6.07, 6.45) is 6.48. The first-order chi connectivity index (χ1) is 14.7. The summed E-state index contributed by atoms with van der Waals surface area (Å²) in [5.41, 5.74) is 1.00. The molecule has 1 fully saturated rings. The summed E-state index contributed by atoms with van der Waals surface area (Å²) in [7, 11) is 0. The Hall–Kier alpha value is -3.08. The molecule has 0 spiro atoms. The lowest BCUT2D eigenvalue weighted by atomic mass is 10.1. The lowest BCUT2D eigenvalue weighted by Crippen LogP contribution is -2.39. The van der Waals surface area contributed by atoms with Gasteiger partial charge in [-0.05, 0) is 42.7 Å². The smallest absolute Gasteiger partial charge is 0.263 e. The maximum Gasteiger partial charge on any atom is 0.263 e. The highest BCUT2D eigenvalue weighted by atomic mass is 16.3. The zero-order valence-electron chi connectivity index (χ0n) is 17.4. The van der Waals surface area contributed by atoms with E-state index in [1.807, 2.05) is 47.4 Å². The standard InChI is InChI=1S/C25H28N2O3/c1-2-20-14-15-23(30-20)22-13-7-4-8-17-27(22)25(29)21-12-9-16-26(24(21)28)18-19-10-5-3-6-11-19/h3,5-6,9-12,14-16,22H,2,4,7-8,13,17-18H2,1H3. The normalized spacial score (nSPS) is 17.0. The van der Waals surface area contributed by atoms with Crippen LogP contribution in [0.2, 0.25) is 0 Å². The van der Waals surface area contributed by atoms with Crippen molar-refractivity contribution in [2.24, 2.45) is 0 Å². The molecule has 1 unspecified atom stereocenters. The van der Waals surface area contributed by atoms with Crippen LogP contribution in [0.5, 0.6) is 0 Å². The molecule has 30 heavy (non-hydrogen) atoms. The van der Waals surface area contributed by atoms with E-state index in [-0.39, 0.29) is 23.1 Å². The van der Waals surface area contributed by atoms with Crippen molar-refractivity contribution >= 4 is 5.91 Å². The highest BCUT2D eigenvalue weighted by molar-refractivity contribution is 5.94. The predicted octanol–water partition coefficient (Wildman–Crippen LogP) is 4.81. The molecule has 0 saturated carbocycles. The molecule has 1 atom stereocenters. The van der Waals surface area contributed by atoms with Gasteiger partial charge in [0.05, 0.1) is 12.6 Å². The predicted molar refractivity (Wildman–Crippen MR) is 117 cm³/mol. The molecular weight excluding hydrogens is 376 g/mol. The molecule has 2 aromatic heterocycles. The number of hydrogen-bond donors (Lipinski definition) is 0. The van der Waals surface area contributed by atoms with Crippen molar-refractivity contribution in [3.8, 4) is 0 Å². The highest BCUT2D eigenvalue weighted by Crippen LogP contribution is 2.32. The van der Waals surface area contributed by atoms with Crippen molar-refractivity contribution in [2.75, 3.05) is 6.54 Å². The molecular formula is C25H28N2O3. The van der Waals surface area contributed by atoms with E-state index in [4.69, 9.17) is 4.42 Å². The summed E-state index contributed by atoms with van der Waals surface area (Å²) in [4.78, 5) is 28.5. The van der Waals surface area contributed by atoms with Gasteiger partial charge in [-0.3, -0.25) is 9.59 Å². The maximum atomic E-state index is 13.5. The van der Waals surface area contributed by atoms with Crippen LogP contribution in [0.1, 0.15) is 66.1 Å². The number of aromatic nitrogens is 1. The third kappa shape index (κ3) is 4.25. The first-order valence-corrected chi connectivity index (χ1v) is 10.8. The molecule has 0 radical (unpaired) electrons. The third-order valence-electron chi connectivity index (χ3n) is 5.82. The van der Waals surface area contributed by atoms with Crippen molar-refractivity contribution in [3.63, 3.8) is 0 Å². The third-order valence-corrected chi connectivity index (χ3v) is 5.82. The summed E-state index contributed by atoms with van der Waals surface area (Å²) >= 11 is 0. The van der Waals surface area contributed by atoms with Crippen molar-refractivity contribution in [3.05, 3.63) is 93.8 Å². The molecule has 0 N–H and O–H groups in total. The van der Waals surface area contributed by atoms with Gasteiger partial charge in [-0.15, -0.1) is 0 Å². The summed E-state index contributed by atoms with van der Waals surface area (Å²) in [6.45, 7) is 3.14. The van der Waals surface area contributed by atoms with Crippen LogP contribution in [-0.4, -0.2) is 21.9 Å².